The summed E-state index contributed by atoms with van der Waals surface area (Å²) in [6.07, 6.45) is 2.26. The molecule has 0 unspecified atom stereocenters. The van der Waals surface area contributed by atoms with Gasteiger partial charge in [-0.15, -0.1) is 0 Å². The fourth-order valence-corrected chi connectivity index (χ4v) is 7.08. The van der Waals surface area contributed by atoms with Crippen LogP contribution in [0, 0.1) is 0 Å². The van der Waals surface area contributed by atoms with Crippen LogP contribution in [0.15, 0.2) is 115 Å². The number of carboxylic acids is 1. The van der Waals surface area contributed by atoms with E-state index < -0.39 is 29.9 Å². The molecule has 0 saturated carbocycles. The average molecular weight is 683 g/mol. The summed E-state index contributed by atoms with van der Waals surface area (Å²) in [6.45, 7) is 2.62. The van der Waals surface area contributed by atoms with E-state index in [0.29, 0.717) is 18.5 Å². The Morgan fingerprint density at radius 3 is 2.25 bits per heavy atom. The second-order valence-electron chi connectivity index (χ2n) is 13.0. The number of aliphatic carboxylic acids is 1. The zero-order valence-corrected chi connectivity index (χ0v) is 28.6. The van der Waals surface area contributed by atoms with Crippen molar-refractivity contribution >= 4 is 56.1 Å². The molecule has 9 heteroatoms. The number of hydrogen-bond donors (Lipinski definition) is 3. The summed E-state index contributed by atoms with van der Waals surface area (Å²) < 4.78 is 2.04. The van der Waals surface area contributed by atoms with E-state index in [1.54, 1.807) is 4.90 Å². The Bertz CT molecular complexity index is 2220. The Balaban J connectivity index is 1.29. The molecule has 6 aromatic rings. The minimum atomic E-state index is -1.02. The SMILES string of the molecule is CCN(C(=O)[C@H](CCCC(=O)O)NC(=O)c1cn(Cc2cccc3ccccc23)c2ccccc12)[C@H](CC(N)=O)Cc1ccc2ccccc2c1. The maximum Gasteiger partial charge on any atom is 0.303 e. The van der Waals surface area contributed by atoms with Crippen LogP contribution < -0.4 is 11.1 Å². The number of nitrogens with zero attached hydrogens (tertiary/aromatic N) is 2. The van der Waals surface area contributed by atoms with Gasteiger partial charge in [0.05, 0.1) is 5.56 Å². The van der Waals surface area contributed by atoms with Crippen LogP contribution in [0.1, 0.15) is 54.1 Å². The predicted molar refractivity (Wildman–Crippen MR) is 200 cm³/mol. The third-order valence-corrected chi connectivity index (χ3v) is 9.53. The van der Waals surface area contributed by atoms with Crippen molar-refractivity contribution < 1.29 is 24.3 Å². The van der Waals surface area contributed by atoms with Gasteiger partial charge in [-0.1, -0.05) is 103 Å². The van der Waals surface area contributed by atoms with Crippen LogP contribution in [0.5, 0.6) is 0 Å². The normalized spacial score (nSPS) is 12.5. The molecule has 0 aliphatic carbocycles. The maximum absolute atomic E-state index is 14.4. The molecule has 0 aliphatic rings. The number of amides is 3. The van der Waals surface area contributed by atoms with E-state index in [0.717, 1.165) is 43.6 Å². The van der Waals surface area contributed by atoms with Gasteiger partial charge in [-0.2, -0.15) is 0 Å². The summed E-state index contributed by atoms with van der Waals surface area (Å²) in [7, 11) is 0. The first kappa shape index (κ1) is 34.9. The molecule has 260 valence electrons. The highest BCUT2D eigenvalue weighted by Crippen LogP contribution is 2.26. The standard InChI is InChI=1S/C42H42N4O5/c1-2-46(33(25-39(43)47)24-28-21-22-29-11-3-4-13-31(29)23-28)42(51)37(18-10-20-40(48)49)44-41(50)36-27-45(38-19-8-7-17-35(36)38)26-32-15-9-14-30-12-5-6-16-34(30)32/h3-9,11-17,19,21-23,27,33,37H,2,10,18,20,24-26H2,1H3,(H2,43,47)(H,44,50)(H,48,49)/t33-,37-/m0/s1. The van der Waals surface area contributed by atoms with Crippen LogP contribution in [0.2, 0.25) is 0 Å². The third kappa shape index (κ3) is 8.10. The number of carboxylic acid groups (broad SMARTS) is 1. The summed E-state index contributed by atoms with van der Waals surface area (Å²) in [4.78, 5) is 53.9. The lowest BCUT2D eigenvalue weighted by Gasteiger charge is -2.34. The largest absolute Gasteiger partial charge is 0.481 e. The van der Waals surface area contributed by atoms with E-state index in [1.807, 2.05) is 103 Å². The summed E-state index contributed by atoms with van der Waals surface area (Å²) in [5, 5.41) is 17.5. The van der Waals surface area contributed by atoms with Crippen molar-refractivity contribution in [3.8, 4) is 0 Å². The minimum absolute atomic E-state index is 0.0656. The fraction of sp³-hybridized carbons (Fsp3) is 0.238. The quantitative estimate of drug-likeness (QED) is 0.111. The topological polar surface area (TPSA) is 135 Å². The van der Waals surface area contributed by atoms with Crippen molar-refractivity contribution in [2.24, 2.45) is 5.73 Å². The first-order chi connectivity index (χ1) is 24.7. The second-order valence-corrected chi connectivity index (χ2v) is 13.0. The molecule has 0 saturated heterocycles. The Kier molecular flexibility index (Phi) is 10.8. The van der Waals surface area contributed by atoms with E-state index in [4.69, 9.17) is 5.73 Å². The number of para-hydroxylation sites is 1. The van der Waals surface area contributed by atoms with Crippen molar-refractivity contribution in [2.45, 2.75) is 57.7 Å². The molecule has 0 bridgehead atoms. The Morgan fingerprint density at radius 2 is 1.51 bits per heavy atom. The van der Waals surface area contributed by atoms with Gasteiger partial charge in [-0.05, 0) is 64.9 Å². The number of primary amides is 1. The van der Waals surface area contributed by atoms with Gasteiger partial charge in [0.1, 0.15) is 6.04 Å². The zero-order valence-electron chi connectivity index (χ0n) is 28.6. The van der Waals surface area contributed by atoms with Crippen LogP contribution in [0.25, 0.3) is 32.4 Å². The van der Waals surface area contributed by atoms with Gasteiger partial charge in [-0.3, -0.25) is 19.2 Å². The number of rotatable bonds is 15. The van der Waals surface area contributed by atoms with Gasteiger partial charge in [0.15, 0.2) is 0 Å². The Labute approximate surface area is 296 Å². The van der Waals surface area contributed by atoms with Crippen molar-refractivity contribution in [2.75, 3.05) is 6.54 Å². The van der Waals surface area contributed by atoms with Crippen molar-refractivity contribution in [1.29, 1.82) is 0 Å². The van der Waals surface area contributed by atoms with Crippen LogP contribution in [-0.4, -0.2) is 56.9 Å². The number of nitrogens with two attached hydrogens (primary N) is 1. The van der Waals surface area contributed by atoms with Crippen molar-refractivity contribution in [3.63, 3.8) is 0 Å². The number of fused-ring (bicyclic) bond motifs is 3. The van der Waals surface area contributed by atoms with Gasteiger partial charge in [0, 0.05) is 49.1 Å². The van der Waals surface area contributed by atoms with Crippen LogP contribution in [0.3, 0.4) is 0 Å². The first-order valence-corrected chi connectivity index (χ1v) is 17.4. The van der Waals surface area contributed by atoms with E-state index >= 15 is 0 Å². The molecule has 1 heterocycles. The number of aromatic nitrogens is 1. The smallest absolute Gasteiger partial charge is 0.303 e. The molecule has 3 amide bonds. The molecule has 51 heavy (non-hydrogen) atoms. The molecular weight excluding hydrogens is 640 g/mol. The molecule has 2 atom stereocenters. The van der Waals surface area contributed by atoms with E-state index in [-0.39, 0.29) is 38.1 Å². The van der Waals surface area contributed by atoms with Crippen molar-refractivity contribution in [3.05, 3.63) is 132 Å². The van der Waals surface area contributed by atoms with E-state index in [1.165, 1.54) is 0 Å². The van der Waals surface area contributed by atoms with Gasteiger partial charge in [0.25, 0.3) is 5.91 Å². The second kappa shape index (κ2) is 15.7. The molecule has 9 nitrogen and oxygen atoms in total. The number of benzene rings is 5. The highest BCUT2D eigenvalue weighted by Gasteiger charge is 2.32. The molecule has 5 aromatic carbocycles. The lowest BCUT2D eigenvalue weighted by atomic mass is 9.97. The molecule has 1 aromatic heterocycles. The number of carbonyl (C=O) groups is 4. The van der Waals surface area contributed by atoms with Gasteiger partial charge in [0.2, 0.25) is 11.8 Å². The van der Waals surface area contributed by atoms with Gasteiger partial charge in [-0.25, -0.2) is 0 Å². The number of nitrogens with one attached hydrogen (secondary N) is 1. The van der Waals surface area contributed by atoms with E-state index in [9.17, 15) is 24.3 Å². The summed E-state index contributed by atoms with van der Waals surface area (Å²) in [6, 6.07) is 34.4. The summed E-state index contributed by atoms with van der Waals surface area (Å²) >= 11 is 0. The highest BCUT2D eigenvalue weighted by molar-refractivity contribution is 6.08. The van der Waals surface area contributed by atoms with Gasteiger partial charge >= 0.3 is 5.97 Å². The molecular formula is C42H42N4O5. The first-order valence-electron chi connectivity index (χ1n) is 17.4. The third-order valence-electron chi connectivity index (χ3n) is 9.53. The van der Waals surface area contributed by atoms with Crippen molar-refractivity contribution in [1.82, 2.24) is 14.8 Å². The van der Waals surface area contributed by atoms with Crippen LogP contribution in [-0.2, 0) is 27.3 Å². The predicted octanol–water partition coefficient (Wildman–Crippen LogP) is 6.68. The summed E-state index contributed by atoms with van der Waals surface area (Å²) in [5.41, 5.74) is 9.03. The molecule has 0 spiro atoms. The molecule has 6 rings (SSSR count). The minimum Gasteiger partial charge on any atom is -0.481 e. The molecule has 4 N–H and O–H groups in total. The van der Waals surface area contributed by atoms with Crippen LogP contribution in [0.4, 0.5) is 0 Å². The fourth-order valence-electron chi connectivity index (χ4n) is 7.08. The zero-order chi connectivity index (χ0) is 35.9. The van der Waals surface area contributed by atoms with E-state index in [2.05, 4.69) is 29.6 Å². The number of hydrogen-bond acceptors (Lipinski definition) is 4. The maximum atomic E-state index is 14.4. The number of carbonyl (C=O) groups excluding carboxylic acids is 3. The average Bonchev–Trinajstić information content (AvgIpc) is 3.49. The summed E-state index contributed by atoms with van der Waals surface area (Å²) in [5.74, 6) is -2.35. The lowest BCUT2D eigenvalue weighted by Crippen LogP contribution is -2.53. The molecule has 0 fully saturated rings. The Morgan fingerprint density at radius 1 is 0.824 bits per heavy atom. The number of likely N-dealkylation sites (N-methyl/N-ethyl adjacent to an activating group) is 1. The highest BCUT2D eigenvalue weighted by atomic mass is 16.4. The van der Waals surface area contributed by atoms with Crippen LogP contribution >= 0.6 is 0 Å². The molecule has 0 aliphatic heterocycles. The lowest BCUT2D eigenvalue weighted by molar-refractivity contribution is -0.139. The van der Waals surface area contributed by atoms with Gasteiger partial charge < -0.3 is 25.6 Å². The molecule has 0 radical (unpaired) electrons. The monoisotopic (exact) mass is 682 g/mol. The Hall–Kier alpha value is -5.96.